The van der Waals surface area contributed by atoms with Crippen LogP contribution in [0.15, 0.2) is 0 Å². The minimum atomic E-state index is -1.02. The van der Waals surface area contributed by atoms with Gasteiger partial charge in [-0.05, 0) is 19.3 Å². The standard InChI is InChI=1S/C9H15NO4/c1-2-9(7(11)12)4-3-5-10(6-9)8(13)14/h2-6H2,1H3,(H,11,12)(H,13,14)/t9-/m0/s1. The summed E-state index contributed by atoms with van der Waals surface area (Å²) in [4.78, 5) is 23.0. The molecule has 1 rings (SSSR count). The van der Waals surface area contributed by atoms with Gasteiger partial charge in [-0.1, -0.05) is 6.92 Å². The molecule has 0 aromatic rings. The molecule has 0 unspecified atom stereocenters. The van der Waals surface area contributed by atoms with E-state index in [1.807, 2.05) is 0 Å². The van der Waals surface area contributed by atoms with Crippen molar-refractivity contribution in [1.82, 2.24) is 4.90 Å². The third kappa shape index (κ3) is 1.81. The van der Waals surface area contributed by atoms with Gasteiger partial charge in [-0.2, -0.15) is 0 Å². The first kappa shape index (κ1) is 10.8. The fourth-order valence-corrected chi connectivity index (χ4v) is 1.91. The second-order valence-electron chi connectivity index (χ2n) is 3.75. The average molecular weight is 201 g/mol. The molecule has 5 heteroatoms. The summed E-state index contributed by atoms with van der Waals surface area (Å²) >= 11 is 0. The van der Waals surface area contributed by atoms with Gasteiger partial charge in [-0.15, -0.1) is 0 Å². The van der Waals surface area contributed by atoms with Crippen LogP contribution in [0.4, 0.5) is 4.79 Å². The number of aliphatic carboxylic acids is 1. The zero-order valence-electron chi connectivity index (χ0n) is 8.19. The van der Waals surface area contributed by atoms with Crippen LogP contribution in [0.1, 0.15) is 26.2 Å². The quantitative estimate of drug-likeness (QED) is 0.704. The molecule has 5 nitrogen and oxygen atoms in total. The van der Waals surface area contributed by atoms with E-state index in [1.54, 1.807) is 6.92 Å². The summed E-state index contributed by atoms with van der Waals surface area (Å²) in [5.74, 6) is -0.883. The number of piperidine rings is 1. The van der Waals surface area contributed by atoms with E-state index in [9.17, 15) is 9.59 Å². The highest BCUT2D eigenvalue weighted by Gasteiger charge is 2.42. The maximum absolute atomic E-state index is 11.1. The molecule has 1 saturated heterocycles. The number of rotatable bonds is 2. The van der Waals surface area contributed by atoms with Gasteiger partial charge in [0.15, 0.2) is 0 Å². The lowest BCUT2D eigenvalue weighted by atomic mass is 9.78. The summed E-state index contributed by atoms with van der Waals surface area (Å²) in [6.07, 6.45) is 0.657. The van der Waals surface area contributed by atoms with Gasteiger partial charge >= 0.3 is 12.1 Å². The highest BCUT2D eigenvalue weighted by Crippen LogP contribution is 2.33. The van der Waals surface area contributed by atoms with E-state index in [1.165, 1.54) is 4.90 Å². The smallest absolute Gasteiger partial charge is 0.407 e. The molecular weight excluding hydrogens is 186 g/mol. The van der Waals surface area contributed by atoms with Crippen LogP contribution < -0.4 is 0 Å². The molecule has 80 valence electrons. The van der Waals surface area contributed by atoms with Crippen LogP contribution in [0, 0.1) is 5.41 Å². The van der Waals surface area contributed by atoms with Crippen molar-refractivity contribution in [3.8, 4) is 0 Å². The molecule has 1 fully saturated rings. The number of hydrogen-bond donors (Lipinski definition) is 2. The fourth-order valence-electron chi connectivity index (χ4n) is 1.91. The van der Waals surface area contributed by atoms with Crippen molar-refractivity contribution in [2.45, 2.75) is 26.2 Å². The fraction of sp³-hybridized carbons (Fsp3) is 0.778. The van der Waals surface area contributed by atoms with Crippen LogP contribution in [0.2, 0.25) is 0 Å². The lowest BCUT2D eigenvalue weighted by molar-refractivity contribution is -0.152. The highest BCUT2D eigenvalue weighted by atomic mass is 16.4. The molecular formula is C9H15NO4. The first-order valence-corrected chi connectivity index (χ1v) is 4.73. The van der Waals surface area contributed by atoms with Crippen LogP contribution in [0.5, 0.6) is 0 Å². The molecule has 1 amide bonds. The first-order valence-electron chi connectivity index (χ1n) is 4.73. The molecule has 1 heterocycles. The second kappa shape index (κ2) is 3.86. The molecule has 14 heavy (non-hydrogen) atoms. The molecule has 2 N–H and O–H groups in total. The molecule has 1 aliphatic heterocycles. The monoisotopic (exact) mass is 201 g/mol. The topological polar surface area (TPSA) is 77.8 Å². The maximum Gasteiger partial charge on any atom is 0.407 e. The number of amides is 1. The zero-order valence-corrected chi connectivity index (χ0v) is 8.19. The lowest BCUT2D eigenvalue weighted by Gasteiger charge is -2.37. The van der Waals surface area contributed by atoms with E-state index in [0.29, 0.717) is 25.8 Å². The maximum atomic E-state index is 11.1. The van der Waals surface area contributed by atoms with Crippen molar-refractivity contribution in [3.63, 3.8) is 0 Å². The van der Waals surface area contributed by atoms with Gasteiger partial charge in [0, 0.05) is 13.1 Å². The van der Waals surface area contributed by atoms with Gasteiger partial charge in [0.2, 0.25) is 0 Å². The summed E-state index contributed by atoms with van der Waals surface area (Å²) < 4.78 is 0. The predicted molar refractivity (Wildman–Crippen MR) is 49.2 cm³/mol. The van der Waals surface area contributed by atoms with E-state index in [-0.39, 0.29) is 6.54 Å². The SMILES string of the molecule is CC[C@]1(C(=O)O)CCCN(C(=O)O)C1. The number of carboxylic acids is 1. The van der Waals surface area contributed by atoms with Crippen molar-refractivity contribution in [2.24, 2.45) is 5.41 Å². The Morgan fingerprint density at radius 2 is 2.07 bits per heavy atom. The first-order chi connectivity index (χ1) is 6.52. The Kier molecular flexibility index (Phi) is 2.98. The Morgan fingerprint density at radius 3 is 2.50 bits per heavy atom. The molecule has 0 aromatic heterocycles. The largest absolute Gasteiger partial charge is 0.481 e. The van der Waals surface area contributed by atoms with Crippen molar-refractivity contribution < 1.29 is 19.8 Å². The lowest BCUT2D eigenvalue weighted by Crippen LogP contribution is -2.49. The molecule has 0 radical (unpaired) electrons. The van der Waals surface area contributed by atoms with Crippen LogP contribution in [0.3, 0.4) is 0 Å². The van der Waals surface area contributed by atoms with E-state index in [4.69, 9.17) is 10.2 Å². The normalized spacial score (nSPS) is 27.4. The minimum Gasteiger partial charge on any atom is -0.481 e. The Bertz CT molecular complexity index is 253. The number of hydrogen-bond acceptors (Lipinski definition) is 2. The third-order valence-corrected chi connectivity index (χ3v) is 2.98. The van der Waals surface area contributed by atoms with E-state index < -0.39 is 17.5 Å². The summed E-state index contributed by atoms with van der Waals surface area (Å²) in [7, 11) is 0. The molecule has 0 bridgehead atoms. The number of carboxylic acid groups (broad SMARTS) is 2. The van der Waals surface area contributed by atoms with E-state index >= 15 is 0 Å². The summed E-state index contributed by atoms with van der Waals surface area (Å²) in [5, 5.41) is 17.8. The summed E-state index contributed by atoms with van der Waals surface area (Å²) in [6, 6.07) is 0. The van der Waals surface area contributed by atoms with E-state index in [2.05, 4.69) is 0 Å². The molecule has 1 atom stereocenters. The van der Waals surface area contributed by atoms with Gasteiger partial charge in [0.1, 0.15) is 0 Å². The van der Waals surface area contributed by atoms with Crippen LogP contribution >= 0.6 is 0 Å². The van der Waals surface area contributed by atoms with Crippen molar-refractivity contribution in [1.29, 1.82) is 0 Å². The number of likely N-dealkylation sites (tertiary alicyclic amines) is 1. The third-order valence-electron chi connectivity index (χ3n) is 2.98. The Morgan fingerprint density at radius 1 is 1.43 bits per heavy atom. The number of nitrogens with zero attached hydrogens (tertiary/aromatic N) is 1. The Balaban J connectivity index is 2.79. The predicted octanol–water partition coefficient (Wildman–Crippen LogP) is 1.24. The van der Waals surface area contributed by atoms with Crippen LogP contribution in [0.25, 0.3) is 0 Å². The second-order valence-corrected chi connectivity index (χ2v) is 3.75. The van der Waals surface area contributed by atoms with Crippen molar-refractivity contribution in [3.05, 3.63) is 0 Å². The van der Waals surface area contributed by atoms with Gasteiger partial charge in [-0.25, -0.2) is 4.79 Å². The van der Waals surface area contributed by atoms with Crippen LogP contribution in [-0.2, 0) is 4.79 Å². The van der Waals surface area contributed by atoms with Gasteiger partial charge in [-0.3, -0.25) is 4.79 Å². The average Bonchev–Trinajstić information content (AvgIpc) is 2.17. The number of carbonyl (C=O) groups is 2. The van der Waals surface area contributed by atoms with Crippen molar-refractivity contribution >= 4 is 12.1 Å². The van der Waals surface area contributed by atoms with E-state index in [0.717, 1.165) is 0 Å². The molecule has 0 aromatic carbocycles. The Hall–Kier alpha value is -1.26. The van der Waals surface area contributed by atoms with Gasteiger partial charge in [0.25, 0.3) is 0 Å². The zero-order chi connectivity index (χ0) is 10.8. The summed E-state index contributed by atoms with van der Waals surface area (Å²) in [5.41, 5.74) is -0.864. The summed E-state index contributed by atoms with van der Waals surface area (Å²) in [6.45, 7) is 2.36. The van der Waals surface area contributed by atoms with Crippen molar-refractivity contribution in [2.75, 3.05) is 13.1 Å². The molecule has 0 spiro atoms. The molecule has 1 aliphatic rings. The Labute approximate surface area is 82.3 Å². The highest BCUT2D eigenvalue weighted by molar-refractivity contribution is 5.76. The minimum absolute atomic E-state index is 0.119. The van der Waals surface area contributed by atoms with Crippen LogP contribution in [-0.4, -0.2) is 40.3 Å². The van der Waals surface area contributed by atoms with Gasteiger partial charge in [0.05, 0.1) is 5.41 Å². The molecule has 0 saturated carbocycles. The molecule has 0 aliphatic carbocycles. The van der Waals surface area contributed by atoms with Gasteiger partial charge < -0.3 is 15.1 Å².